The lowest BCUT2D eigenvalue weighted by Gasteiger charge is -2.20. The van der Waals surface area contributed by atoms with Crippen LogP contribution in [0.3, 0.4) is 0 Å². The van der Waals surface area contributed by atoms with E-state index in [4.69, 9.17) is 20.8 Å². The van der Waals surface area contributed by atoms with Crippen molar-refractivity contribution in [2.24, 2.45) is 0 Å². The first-order valence-corrected chi connectivity index (χ1v) is 10.4. The van der Waals surface area contributed by atoms with Gasteiger partial charge < -0.3 is 14.1 Å². The molecule has 0 N–H and O–H groups in total. The number of methoxy groups -OCH3 is 1. The number of carbonyl (C=O) groups excluding carboxylic acids is 1. The molecular formula is C24H19ClN4O3. The van der Waals surface area contributed by atoms with Gasteiger partial charge in [-0.2, -0.15) is 0 Å². The molecule has 1 atom stereocenters. The Labute approximate surface area is 189 Å². The molecule has 3 heterocycles. The van der Waals surface area contributed by atoms with Crippen molar-refractivity contribution in [1.82, 2.24) is 15.0 Å². The molecule has 0 spiro atoms. The van der Waals surface area contributed by atoms with Gasteiger partial charge in [0.2, 0.25) is 5.89 Å². The van der Waals surface area contributed by atoms with Crippen LogP contribution < -0.4 is 9.64 Å². The average molecular weight is 447 g/mol. The molecule has 2 aromatic heterocycles. The fraction of sp³-hybridized carbons (Fsp3) is 0.167. The Bertz CT molecular complexity index is 1260. The quantitative estimate of drug-likeness (QED) is 0.394. The maximum atomic E-state index is 13.5. The molecule has 0 bridgehead atoms. The van der Waals surface area contributed by atoms with Gasteiger partial charge in [0, 0.05) is 30.0 Å². The Morgan fingerprint density at radius 1 is 1.22 bits per heavy atom. The van der Waals surface area contributed by atoms with Crippen LogP contribution in [0.5, 0.6) is 5.75 Å². The third kappa shape index (κ3) is 3.83. The highest BCUT2D eigenvalue weighted by atomic mass is 35.5. The zero-order valence-electron chi connectivity index (χ0n) is 17.2. The number of hydrogen-bond donors (Lipinski definition) is 0. The van der Waals surface area contributed by atoms with Gasteiger partial charge in [-0.25, -0.2) is 15.0 Å². The largest absolute Gasteiger partial charge is 0.497 e. The van der Waals surface area contributed by atoms with Crippen molar-refractivity contribution in [2.45, 2.75) is 12.5 Å². The molecule has 1 unspecified atom stereocenters. The summed E-state index contributed by atoms with van der Waals surface area (Å²) in [4.78, 5) is 28.1. The van der Waals surface area contributed by atoms with Crippen LogP contribution in [0.2, 0.25) is 5.02 Å². The number of ether oxygens (including phenoxy) is 1. The number of benzene rings is 2. The lowest BCUT2D eigenvalue weighted by molar-refractivity contribution is 0.0960. The highest BCUT2D eigenvalue weighted by molar-refractivity contribution is 6.30. The van der Waals surface area contributed by atoms with Gasteiger partial charge in [0.25, 0.3) is 0 Å². The van der Waals surface area contributed by atoms with Crippen molar-refractivity contribution in [3.63, 3.8) is 0 Å². The minimum Gasteiger partial charge on any atom is -0.497 e. The van der Waals surface area contributed by atoms with E-state index in [0.717, 1.165) is 16.8 Å². The van der Waals surface area contributed by atoms with E-state index in [-0.39, 0.29) is 17.4 Å². The van der Waals surface area contributed by atoms with Crippen molar-refractivity contribution in [3.05, 3.63) is 89.2 Å². The van der Waals surface area contributed by atoms with E-state index in [0.29, 0.717) is 29.6 Å². The van der Waals surface area contributed by atoms with Crippen LogP contribution in [0.1, 0.15) is 27.5 Å². The summed E-state index contributed by atoms with van der Waals surface area (Å²) in [5.41, 5.74) is 3.81. The molecule has 32 heavy (non-hydrogen) atoms. The summed E-state index contributed by atoms with van der Waals surface area (Å²) in [6.07, 6.45) is 4.40. The van der Waals surface area contributed by atoms with Crippen LogP contribution in [0, 0.1) is 0 Å². The second kappa shape index (κ2) is 8.43. The van der Waals surface area contributed by atoms with E-state index in [1.165, 1.54) is 12.6 Å². The zero-order chi connectivity index (χ0) is 22.1. The van der Waals surface area contributed by atoms with E-state index in [9.17, 15) is 4.79 Å². The van der Waals surface area contributed by atoms with Gasteiger partial charge in [-0.15, -0.1) is 0 Å². The lowest BCUT2D eigenvalue weighted by Crippen LogP contribution is -2.24. The lowest BCUT2D eigenvalue weighted by atomic mass is 9.95. The van der Waals surface area contributed by atoms with Crippen LogP contribution >= 0.6 is 11.6 Å². The second-order valence-electron chi connectivity index (χ2n) is 7.48. The molecule has 8 heteroatoms. The van der Waals surface area contributed by atoms with Crippen LogP contribution in [0.15, 0.2) is 71.7 Å². The molecule has 4 aromatic rings. The number of anilines is 1. The van der Waals surface area contributed by atoms with Crippen molar-refractivity contribution in [3.8, 4) is 17.3 Å². The molecule has 0 radical (unpaired) electrons. The number of oxazole rings is 1. The third-order valence-electron chi connectivity index (χ3n) is 5.51. The van der Waals surface area contributed by atoms with Gasteiger partial charge in [0.1, 0.15) is 29.7 Å². The Kier molecular flexibility index (Phi) is 5.33. The molecule has 0 saturated carbocycles. The molecule has 0 fully saturated rings. The predicted molar refractivity (Wildman–Crippen MR) is 120 cm³/mol. The van der Waals surface area contributed by atoms with E-state index >= 15 is 0 Å². The predicted octanol–water partition coefficient (Wildman–Crippen LogP) is 4.78. The van der Waals surface area contributed by atoms with E-state index < -0.39 is 5.92 Å². The van der Waals surface area contributed by atoms with Gasteiger partial charge in [-0.3, -0.25) is 4.79 Å². The number of fused-ring (bicyclic) bond motifs is 1. The first kappa shape index (κ1) is 20.2. The number of rotatable bonds is 6. The van der Waals surface area contributed by atoms with Crippen molar-refractivity contribution < 1.29 is 13.9 Å². The summed E-state index contributed by atoms with van der Waals surface area (Å²) in [5.74, 6) is 0.493. The molecule has 0 aliphatic carbocycles. The van der Waals surface area contributed by atoms with Crippen molar-refractivity contribution >= 4 is 23.1 Å². The first-order chi connectivity index (χ1) is 15.6. The van der Waals surface area contributed by atoms with Crippen LogP contribution in [-0.4, -0.2) is 34.4 Å². The van der Waals surface area contributed by atoms with Crippen molar-refractivity contribution in [1.29, 1.82) is 0 Å². The first-order valence-electron chi connectivity index (χ1n) is 10.1. The number of hydrogen-bond acceptors (Lipinski definition) is 7. The minimum atomic E-state index is -0.393. The number of halogens is 1. The number of ketones is 1. The zero-order valence-corrected chi connectivity index (χ0v) is 18.0. The summed E-state index contributed by atoms with van der Waals surface area (Å²) in [7, 11) is 1.62. The Hall–Kier alpha value is -3.71. The summed E-state index contributed by atoms with van der Waals surface area (Å²) >= 11 is 6.03. The van der Waals surface area contributed by atoms with Crippen molar-refractivity contribution in [2.75, 3.05) is 18.6 Å². The van der Waals surface area contributed by atoms with Gasteiger partial charge in [-0.1, -0.05) is 23.7 Å². The van der Waals surface area contributed by atoms with Gasteiger partial charge in [0.15, 0.2) is 5.78 Å². The number of aromatic nitrogens is 3. The molecule has 160 valence electrons. The summed E-state index contributed by atoms with van der Waals surface area (Å²) in [6, 6.07) is 15.2. The maximum Gasteiger partial charge on any atom is 0.245 e. The number of carbonyl (C=O) groups is 1. The summed E-state index contributed by atoms with van der Waals surface area (Å²) in [6.45, 7) is 1.19. The molecular weight excluding hydrogens is 428 g/mol. The average Bonchev–Trinajstić information content (AvgIpc) is 3.46. The second-order valence-corrected chi connectivity index (χ2v) is 7.92. The molecule has 0 amide bonds. The number of Topliss-reactive ketones (excluding diaryl/α,β-unsaturated/α-hetero) is 1. The summed E-state index contributed by atoms with van der Waals surface area (Å²) in [5, 5.41) is 0.693. The maximum absolute atomic E-state index is 13.5. The molecule has 2 aromatic carbocycles. The molecule has 1 aliphatic heterocycles. The Balaban J connectivity index is 1.45. The standard InChI is InChI=1S/C24H19ClN4O3/c1-31-17-6-7-22-18(10-17)19(12-29(22)11-15-2-4-16(25)5-3-15)23(30)21-13-32-24(28-21)20-8-9-26-14-27-20/h2-10,13-14,19H,11-12H2,1H3. The van der Waals surface area contributed by atoms with E-state index in [1.54, 1.807) is 19.4 Å². The molecule has 0 saturated heterocycles. The highest BCUT2D eigenvalue weighted by Gasteiger charge is 2.36. The van der Waals surface area contributed by atoms with E-state index in [1.807, 2.05) is 42.5 Å². The van der Waals surface area contributed by atoms with Crippen LogP contribution in [0.25, 0.3) is 11.6 Å². The van der Waals surface area contributed by atoms with Crippen LogP contribution in [0.4, 0.5) is 5.69 Å². The Morgan fingerprint density at radius 3 is 2.81 bits per heavy atom. The molecule has 1 aliphatic rings. The van der Waals surface area contributed by atoms with Gasteiger partial charge in [0.05, 0.1) is 13.0 Å². The topological polar surface area (TPSA) is 81.3 Å². The fourth-order valence-corrected chi connectivity index (χ4v) is 4.05. The third-order valence-corrected chi connectivity index (χ3v) is 5.77. The van der Waals surface area contributed by atoms with Gasteiger partial charge in [-0.05, 0) is 47.5 Å². The number of nitrogens with zero attached hydrogens (tertiary/aromatic N) is 4. The Morgan fingerprint density at radius 2 is 2.06 bits per heavy atom. The minimum absolute atomic E-state index is 0.109. The van der Waals surface area contributed by atoms with Crippen LogP contribution in [-0.2, 0) is 6.54 Å². The molecule has 5 rings (SSSR count). The SMILES string of the molecule is COc1ccc2c(c1)C(C(=O)c1coc(-c3ccncn3)n1)CN2Cc1ccc(Cl)cc1. The normalized spacial score (nSPS) is 14.9. The van der Waals surface area contributed by atoms with Gasteiger partial charge >= 0.3 is 0 Å². The summed E-state index contributed by atoms with van der Waals surface area (Å²) < 4.78 is 10.9. The molecule has 7 nitrogen and oxygen atoms in total. The van der Waals surface area contributed by atoms with E-state index in [2.05, 4.69) is 19.9 Å². The highest BCUT2D eigenvalue weighted by Crippen LogP contribution is 2.41. The monoisotopic (exact) mass is 446 g/mol. The fourth-order valence-electron chi connectivity index (χ4n) is 3.93. The smallest absolute Gasteiger partial charge is 0.245 e.